The van der Waals surface area contributed by atoms with Crippen molar-refractivity contribution in [2.24, 2.45) is 5.92 Å². The Morgan fingerprint density at radius 1 is 1.60 bits per heavy atom. The van der Waals surface area contributed by atoms with Gasteiger partial charge in [0, 0.05) is 23.9 Å². The molecule has 0 aliphatic carbocycles. The van der Waals surface area contributed by atoms with Crippen LogP contribution >= 0.6 is 11.3 Å². The maximum atomic E-state index is 11.6. The van der Waals surface area contributed by atoms with Gasteiger partial charge in [0.2, 0.25) is 0 Å². The predicted molar refractivity (Wildman–Crippen MR) is 60.2 cm³/mol. The zero-order chi connectivity index (χ0) is 10.8. The number of methoxy groups -OCH3 is 1. The lowest BCUT2D eigenvalue weighted by molar-refractivity contribution is -0.145. The number of aryl methyl sites for hydroxylation is 1. The Morgan fingerprint density at radius 2 is 2.40 bits per heavy atom. The average Bonchev–Trinajstić information content (AvgIpc) is 2.84. The van der Waals surface area contributed by atoms with Gasteiger partial charge in [-0.25, -0.2) is 0 Å². The number of hydrogen-bond acceptors (Lipinski definition) is 4. The van der Waals surface area contributed by atoms with Gasteiger partial charge in [-0.2, -0.15) is 0 Å². The number of hydrogen-bond donors (Lipinski definition) is 1. The molecule has 4 heteroatoms. The zero-order valence-electron chi connectivity index (χ0n) is 8.95. The molecule has 0 saturated carbocycles. The molecular weight excluding hydrogens is 210 g/mol. The summed E-state index contributed by atoms with van der Waals surface area (Å²) < 4.78 is 4.83. The van der Waals surface area contributed by atoms with Crippen LogP contribution in [0.4, 0.5) is 0 Å². The Hall–Kier alpha value is -0.870. The van der Waals surface area contributed by atoms with E-state index in [1.54, 1.807) is 11.3 Å². The van der Waals surface area contributed by atoms with Crippen LogP contribution in [0, 0.1) is 12.8 Å². The standard InChI is InChI=1S/C11H15NO2S/c1-7-3-4-15-10(7)8-5-12-6-9(8)11(13)14-2/h3-4,8-9,12H,5-6H2,1-2H3/t8-,9+/m0/s1. The molecule has 0 unspecified atom stereocenters. The topological polar surface area (TPSA) is 38.3 Å². The van der Waals surface area contributed by atoms with E-state index in [4.69, 9.17) is 4.74 Å². The Morgan fingerprint density at radius 3 is 3.00 bits per heavy atom. The number of carbonyl (C=O) groups excluding carboxylic acids is 1. The SMILES string of the molecule is COC(=O)[C@@H]1CNC[C@@H]1c1sccc1C. The Bertz CT molecular complexity index is 361. The molecule has 1 saturated heterocycles. The van der Waals surface area contributed by atoms with Crippen LogP contribution in [0.25, 0.3) is 0 Å². The minimum atomic E-state index is -0.0993. The van der Waals surface area contributed by atoms with Gasteiger partial charge in [0.1, 0.15) is 0 Å². The highest BCUT2D eigenvalue weighted by atomic mass is 32.1. The summed E-state index contributed by atoms with van der Waals surface area (Å²) in [4.78, 5) is 12.9. The van der Waals surface area contributed by atoms with Crippen molar-refractivity contribution in [3.8, 4) is 0 Å². The largest absolute Gasteiger partial charge is 0.469 e. The van der Waals surface area contributed by atoms with Crippen LogP contribution in [0.15, 0.2) is 11.4 Å². The minimum absolute atomic E-state index is 0.0210. The van der Waals surface area contributed by atoms with Gasteiger partial charge in [0.25, 0.3) is 0 Å². The van der Waals surface area contributed by atoms with E-state index in [1.165, 1.54) is 17.6 Å². The van der Waals surface area contributed by atoms with E-state index in [9.17, 15) is 4.79 Å². The van der Waals surface area contributed by atoms with E-state index >= 15 is 0 Å². The molecule has 0 radical (unpaired) electrons. The summed E-state index contributed by atoms with van der Waals surface area (Å²) in [6.45, 7) is 3.70. The van der Waals surface area contributed by atoms with E-state index < -0.39 is 0 Å². The highest BCUT2D eigenvalue weighted by molar-refractivity contribution is 7.10. The maximum Gasteiger partial charge on any atom is 0.310 e. The summed E-state index contributed by atoms with van der Waals surface area (Å²) in [5.74, 6) is 0.169. The van der Waals surface area contributed by atoms with Gasteiger partial charge in [-0.1, -0.05) is 0 Å². The quantitative estimate of drug-likeness (QED) is 0.776. The fourth-order valence-corrected chi connectivity index (χ4v) is 3.21. The Labute approximate surface area is 93.4 Å². The van der Waals surface area contributed by atoms with E-state index in [0.29, 0.717) is 0 Å². The third kappa shape index (κ3) is 1.92. The summed E-state index contributed by atoms with van der Waals surface area (Å²) in [5.41, 5.74) is 1.28. The molecule has 1 fully saturated rings. The number of rotatable bonds is 2. The van der Waals surface area contributed by atoms with E-state index in [0.717, 1.165) is 13.1 Å². The second-order valence-electron chi connectivity index (χ2n) is 3.86. The molecule has 82 valence electrons. The molecule has 1 aromatic rings. The van der Waals surface area contributed by atoms with Crippen LogP contribution in [-0.2, 0) is 9.53 Å². The van der Waals surface area contributed by atoms with Gasteiger partial charge in [0.05, 0.1) is 13.0 Å². The van der Waals surface area contributed by atoms with Gasteiger partial charge >= 0.3 is 5.97 Å². The van der Waals surface area contributed by atoms with Crippen molar-refractivity contribution in [1.29, 1.82) is 0 Å². The first-order valence-electron chi connectivity index (χ1n) is 5.06. The van der Waals surface area contributed by atoms with Crippen LogP contribution in [0.5, 0.6) is 0 Å². The molecule has 2 heterocycles. The molecule has 15 heavy (non-hydrogen) atoms. The number of nitrogens with one attached hydrogen (secondary N) is 1. The second kappa shape index (κ2) is 4.33. The van der Waals surface area contributed by atoms with Gasteiger partial charge in [-0.15, -0.1) is 11.3 Å². The second-order valence-corrected chi connectivity index (χ2v) is 4.81. The average molecular weight is 225 g/mol. The lowest BCUT2D eigenvalue weighted by Crippen LogP contribution is -2.22. The number of thiophene rings is 1. The van der Waals surface area contributed by atoms with Crippen molar-refractivity contribution in [1.82, 2.24) is 5.32 Å². The molecule has 1 aromatic heterocycles. The molecule has 0 amide bonds. The van der Waals surface area contributed by atoms with Crippen LogP contribution < -0.4 is 5.32 Å². The fourth-order valence-electron chi connectivity index (χ4n) is 2.12. The smallest absolute Gasteiger partial charge is 0.310 e. The molecule has 1 N–H and O–H groups in total. The van der Waals surface area contributed by atoms with Crippen molar-refractivity contribution in [3.63, 3.8) is 0 Å². The Kier molecular flexibility index (Phi) is 3.07. The summed E-state index contributed by atoms with van der Waals surface area (Å²) in [5, 5.41) is 5.34. The van der Waals surface area contributed by atoms with Crippen molar-refractivity contribution in [3.05, 3.63) is 21.9 Å². The molecule has 1 aliphatic heterocycles. The first-order valence-corrected chi connectivity index (χ1v) is 5.94. The third-order valence-electron chi connectivity index (χ3n) is 2.96. The zero-order valence-corrected chi connectivity index (χ0v) is 9.76. The minimum Gasteiger partial charge on any atom is -0.469 e. The number of esters is 1. The highest BCUT2D eigenvalue weighted by Gasteiger charge is 2.35. The van der Waals surface area contributed by atoms with Gasteiger partial charge < -0.3 is 10.1 Å². The van der Waals surface area contributed by atoms with Crippen LogP contribution in [0.2, 0.25) is 0 Å². The Balaban J connectivity index is 2.22. The van der Waals surface area contributed by atoms with Crippen molar-refractivity contribution in [2.45, 2.75) is 12.8 Å². The van der Waals surface area contributed by atoms with E-state index in [2.05, 4.69) is 23.7 Å². The fraction of sp³-hybridized carbons (Fsp3) is 0.545. The number of ether oxygens (including phenoxy) is 1. The van der Waals surface area contributed by atoms with E-state index in [1.807, 2.05) is 0 Å². The highest BCUT2D eigenvalue weighted by Crippen LogP contribution is 2.34. The molecule has 2 atom stereocenters. The van der Waals surface area contributed by atoms with Crippen LogP contribution in [0.1, 0.15) is 16.4 Å². The summed E-state index contributed by atoms with van der Waals surface area (Å²) >= 11 is 1.73. The molecule has 0 aromatic carbocycles. The first-order chi connectivity index (χ1) is 7.24. The summed E-state index contributed by atoms with van der Waals surface area (Å²) in [6, 6.07) is 2.10. The van der Waals surface area contributed by atoms with Gasteiger partial charge in [0.15, 0.2) is 0 Å². The monoisotopic (exact) mass is 225 g/mol. The molecule has 3 nitrogen and oxygen atoms in total. The predicted octanol–water partition coefficient (Wildman–Crippen LogP) is 1.53. The molecular formula is C11H15NO2S. The van der Waals surface area contributed by atoms with E-state index in [-0.39, 0.29) is 17.8 Å². The summed E-state index contributed by atoms with van der Waals surface area (Å²) in [6.07, 6.45) is 0. The maximum absolute atomic E-state index is 11.6. The van der Waals surface area contributed by atoms with Crippen molar-refractivity contribution < 1.29 is 9.53 Å². The molecule has 0 bridgehead atoms. The first kappa shape index (κ1) is 10.6. The molecule has 2 rings (SSSR count). The number of carbonyl (C=O) groups is 1. The van der Waals surface area contributed by atoms with Crippen molar-refractivity contribution in [2.75, 3.05) is 20.2 Å². The molecule has 0 spiro atoms. The summed E-state index contributed by atoms with van der Waals surface area (Å²) in [7, 11) is 1.46. The van der Waals surface area contributed by atoms with Crippen LogP contribution in [0.3, 0.4) is 0 Å². The lowest BCUT2D eigenvalue weighted by Gasteiger charge is -2.15. The third-order valence-corrected chi connectivity index (χ3v) is 4.11. The van der Waals surface area contributed by atoms with Gasteiger partial charge in [-0.05, 0) is 23.9 Å². The van der Waals surface area contributed by atoms with Crippen molar-refractivity contribution >= 4 is 17.3 Å². The van der Waals surface area contributed by atoms with Gasteiger partial charge in [-0.3, -0.25) is 4.79 Å². The molecule has 1 aliphatic rings. The lowest BCUT2D eigenvalue weighted by atomic mass is 9.93. The normalized spacial score (nSPS) is 25.5. The van der Waals surface area contributed by atoms with Crippen LogP contribution in [-0.4, -0.2) is 26.2 Å².